The van der Waals surface area contributed by atoms with Gasteiger partial charge in [0.2, 0.25) is 0 Å². The second kappa shape index (κ2) is 7.63. The zero-order valence-corrected chi connectivity index (χ0v) is 14.2. The lowest BCUT2D eigenvalue weighted by Crippen LogP contribution is -2.38. The van der Waals surface area contributed by atoms with E-state index in [1.807, 2.05) is 11.8 Å². The maximum absolute atomic E-state index is 12.3. The number of benzene rings is 1. The maximum Gasteiger partial charge on any atom is 0.317 e. The third-order valence-electron chi connectivity index (χ3n) is 4.39. The van der Waals surface area contributed by atoms with E-state index in [4.69, 9.17) is 4.74 Å². The van der Waals surface area contributed by atoms with Gasteiger partial charge in [0.25, 0.3) is 0 Å². The fraction of sp³-hybridized carbons (Fsp3) is 0.611. The summed E-state index contributed by atoms with van der Waals surface area (Å²) in [5.74, 6) is 0.480. The Morgan fingerprint density at radius 2 is 2.00 bits per heavy atom. The number of likely N-dealkylation sites (tertiary alicyclic amines) is 1. The Labute approximate surface area is 133 Å². The van der Waals surface area contributed by atoms with E-state index >= 15 is 0 Å². The number of rotatable bonds is 5. The Hall–Kier alpha value is -1.55. The van der Waals surface area contributed by atoms with Crippen molar-refractivity contribution in [3.8, 4) is 0 Å². The molecule has 0 aliphatic carbocycles. The van der Waals surface area contributed by atoms with Crippen molar-refractivity contribution in [2.75, 3.05) is 26.3 Å². The molecule has 1 aliphatic rings. The molecule has 2 rings (SSSR count). The molecule has 1 atom stereocenters. The van der Waals surface area contributed by atoms with Crippen LogP contribution in [0.3, 0.4) is 0 Å². The van der Waals surface area contributed by atoms with Crippen LogP contribution >= 0.6 is 0 Å². The van der Waals surface area contributed by atoms with Gasteiger partial charge in [-0.3, -0.25) is 0 Å². The van der Waals surface area contributed by atoms with Gasteiger partial charge in [-0.1, -0.05) is 17.7 Å². The minimum absolute atomic E-state index is 0.0402. The standard InChI is InChI=1S/C18H28N2O2/c1-5-22-12-16-6-7-20(11-16)18(21)19-10-17-14(3)8-13(2)9-15(17)4/h8-9,16H,5-7,10-12H2,1-4H3,(H,19,21)/t16-/m0/s1. The number of hydrogen-bond acceptors (Lipinski definition) is 2. The van der Waals surface area contributed by atoms with Crippen LogP contribution < -0.4 is 5.32 Å². The average Bonchev–Trinajstić information content (AvgIpc) is 2.92. The van der Waals surface area contributed by atoms with E-state index in [9.17, 15) is 4.79 Å². The zero-order chi connectivity index (χ0) is 16.1. The van der Waals surface area contributed by atoms with Crippen molar-refractivity contribution in [2.45, 2.75) is 40.7 Å². The first-order valence-electron chi connectivity index (χ1n) is 8.18. The van der Waals surface area contributed by atoms with Gasteiger partial charge in [0.05, 0.1) is 6.61 Å². The van der Waals surface area contributed by atoms with Gasteiger partial charge in [-0.25, -0.2) is 4.79 Å². The summed E-state index contributed by atoms with van der Waals surface area (Å²) >= 11 is 0. The summed E-state index contributed by atoms with van der Waals surface area (Å²) in [4.78, 5) is 14.2. The molecule has 0 spiro atoms. The lowest BCUT2D eigenvalue weighted by Gasteiger charge is -2.19. The second-order valence-corrected chi connectivity index (χ2v) is 6.30. The average molecular weight is 304 g/mol. The van der Waals surface area contributed by atoms with E-state index in [0.717, 1.165) is 32.7 Å². The Morgan fingerprint density at radius 3 is 2.64 bits per heavy atom. The third-order valence-corrected chi connectivity index (χ3v) is 4.39. The number of carbonyl (C=O) groups is 1. The predicted molar refractivity (Wildman–Crippen MR) is 89.1 cm³/mol. The minimum atomic E-state index is 0.0402. The molecule has 2 amide bonds. The summed E-state index contributed by atoms with van der Waals surface area (Å²) in [6.45, 7) is 12.1. The molecule has 0 radical (unpaired) electrons. The van der Waals surface area contributed by atoms with E-state index in [1.54, 1.807) is 0 Å². The van der Waals surface area contributed by atoms with Crippen LogP contribution in [-0.2, 0) is 11.3 Å². The number of nitrogens with one attached hydrogen (secondary N) is 1. The molecule has 4 heteroatoms. The topological polar surface area (TPSA) is 41.6 Å². The van der Waals surface area contributed by atoms with Gasteiger partial charge in [-0.2, -0.15) is 0 Å². The Bertz CT molecular complexity index is 505. The molecule has 122 valence electrons. The Kier molecular flexibility index (Phi) is 5.83. The number of carbonyl (C=O) groups excluding carboxylic acids is 1. The number of amides is 2. The molecule has 1 N–H and O–H groups in total. The van der Waals surface area contributed by atoms with Gasteiger partial charge < -0.3 is 15.0 Å². The van der Waals surface area contributed by atoms with Gasteiger partial charge in [-0.05, 0) is 50.8 Å². The van der Waals surface area contributed by atoms with Gasteiger partial charge in [-0.15, -0.1) is 0 Å². The molecule has 1 saturated heterocycles. The highest BCUT2D eigenvalue weighted by atomic mass is 16.5. The van der Waals surface area contributed by atoms with Crippen LogP contribution in [0, 0.1) is 26.7 Å². The maximum atomic E-state index is 12.3. The summed E-state index contributed by atoms with van der Waals surface area (Å²) < 4.78 is 5.46. The monoisotopic (exact) mass is 304 g/mol. The molecule has 22 heavy (non-hydrogen) atoms. The second-order valence-electron chi connectivity index (χ2n) is 6.30. The Balaban J connectivity index is 1.86. The van der Waals surface area contributed by atoms with Gasteiger partial charge in [0, 0.05) is 32.2 Å². The van der Waals surface area contributed by atoms with Crippen LogP contribution in [0.1, 0.15) is 35.6 Å². The molecule has 0 saturated carbocycles. The van der Waals surface area contributed by atoms with Crippen LogP contribution in [0.5, 0.6) is 0 Å². The van der Waals surface area contributed by atoms with E-state index in [0.29, 0.717) is 12.5 Å². The molecule has 0 aromatic heterocycles. The first kappa shape index (κ1) is 16.8. The quantitative estimate of drug-likeness (QED) is 0.908. The van der Waals surface area contributed by atoms with E-state index in [1.165, 1.54) is 22.3 Å². The van der Waals surface area contributed by atoms with E-state index in [-0.39, 0.29) is 6.03 Å². The number of hydrogen-bond donors (Lipinski definition) is 1. The normalized spacial score (nSPS) is 17.8. The molecule has 0 bridgehead atoms. The highest BCUT2D eigenvalue weighted by Gasteiger charge is 2.26. The summed E-state index contributed by atoms with van der Waals surface area (Å²) in [6, 6.07) is 4.38. The Morgan fingerprint density at radius 1 is 1.32 bits per heavy atom. The van der Waals surface area contributed by atoms with E-state index in [2.05, 4.69) is 38.2 Å². The number of nitrogens with zero attached hydrogens (tertiary/aromatic N) is 1. The lowest BCUT2D eigenvalue weighted by atomic mass is 10.00. The first-order valence-corrected chi connectivity index (χ1v) is 8.18. The molecular weight excluding hydrogens is 276 g/mol. The minimum Gasteiger partial charge on any atom is -0.381 e. The first-order chi connectivity index (χ1) is 10.5. The molecule has 1 aliphatic heterocycles. The molecule has 1 aromatic rings. The van der Waals surface area contributed by atoms with E-state index < -0.39 is 0 Å². The summed E-state index contributed by atoms with van der Waals surface area (Å²) in [7, 11) is 0. The van der Waals surface area contributed by atoms with Crippen LogP contribution in [-0.4, -0.2) is 37.2 Å². The molecule has 1 aromatic carbocycles. The third kappa shape index (κ3) is 4.23. The van der Waals surface area contributed by atoms with Crippen molar-refractivity contribution in [1.82, 2.24) is 10.2 Å². The van der Waals surface area contributed by atoms with Gasteiger partial charge >= 0.3 is 6.03 Å². The SMILES string of the molecule is CCOC[C@H]1CCN(C(=O)NCc2c(C)cc(C)cc2C)C1. The number of aryl methyl sites for hydroxylation is 3. The molecule has 1 heterocycles. The largest absolute Gasteiger partial charge is 0.381 e. The fourth-order valence-electron chi connectivity index (χ4n) is 3.20. The molecule has 1 fully saturated rings. The smallest absolute Gasteiger partial charge is 0.317 e. The number of ether oxygens (including phenoxy) is 1. The summed E-state index contributed by atoms with van der Waals surface area (Å²) in [5.41, 5.74) is 4.98. The zero-order valence-electron chi connectivity index (χ0n) is 14.2. The molecular formula is C18H28N2O2. The van der Waals surface area contributed by atoms with Crippen molar-refractivity contribution in [1.29, 1.82) is 0 Å². The van der Waals surface area contributed by atoms with Crippen molar-refractivity contribution in [3.05, 3.63) is 34.4 Å². The van der Waals surface area contributed by atoms with Gasteiger partial charge in [0.1, 0.15) is 0 Å². The molecule has 0 unspecified atom stereocenters. The van der Waals surface area contributed by atoms with Crippen molar-refractivity contribution in [3.63, 3.8) is 0 Å². The highest BCUT2D eigenvalue weighted by Crippen LogP contribution is 2.18. The van der Waals surface area contributed by atoms with Crippen LogP contribution in [0.15, 0.2) is 12.1 Å². The van der Waals surface area contributed by atoms with Crippen molar-refractivity contribution in [2.24, 2.45) is 5.92 Å². The van der Waals surface area contributed by atoms with Gasteiger partial charge in [0.15, 0.2) is 0 Å². The van der Waals surface area contributed by atoms with Crippen LogP contribution in [0.4, 0.5) is 4.79 Å². The number of urea groups is 1. The predicted octanol–water partition coefficient (Wildman–Crippen LogP) is 3.18. The van der Waals surface area contributed by atoms with Crippen molar-refractivity contribution >= 4 is 6.03 Å². The lowest BCUT2D eigenvalue weighted by molar-refractivity contribution is 0.113. The van der Waals surface area contributed by atoms with Crippen molar-refractivity contribution < 1.29 is 9.53 Å². The summed E-state index contributed by atoms with van der Waals surface area (Å²) in [6.07, 6.45) is 1.04. The fourth-order valence-corrected chi connectivity index (χ4v) is 3.20. The highest BCUT2D eigenvalue weighted by molar-refractivity contribution is 5.74. The van der Waals surface area contributed by atoms with Crippen LogP contribution in [0.25, 0.3) is 0 Å². The molecule has 4 nitrogen and oxygen atoms in total. The summed E-state index contributed by atoms with van der Waals surface area (Å²) in [5, 5.41) is 3.06. The van der Waals surface area contributed by atoms with Crippen LogP contribution in [0.2, 0.25) is 0 Å².